The monoisotopic (exact) mass is 192 g/mol. The fourth-order valence-electron chi connectivity index (χ4n) is 0.571. The number of aliphatic hydroxyl groups excluding tert-OH is 1. The lowest BCUT2D eigenvalue weighted by Gasteiger charge is -2.07. The van der Waals surface area contributed by atoms with Gasteiger partial charge in [-0.2, -0.15) is 0 Å². The number of methoxy groups -OCH3 is 1. The van der Waals surface area contributed by atoms with E-state index in [4.69, 9.17) is 10.2 Å². The van der Waals surface area contributed by atoms with Crippen molar-refractivity contribution in [1.82, 2.24) is 0 Å². The minimum Gasteiger partial charge on any atom is -0.481 e. The van der Waals surface area contributed by atoms with Gasteiger partial charge >= 0.3 is 11.9 Å². The van der Waals surface area contributed by atoms with E-state index in [1.54, 1.807) is 0 Å². The topological polar surface area (TPSA) is 93.1 Å². The Morgan fingerprint density at radius 2 is 2.00 bits per heavy atom. The highest BCUT2D eigenvalue weighted by Crippen LogP contribution is 1.94. The number of aliphatic hydroxyl groups is 1. The Bertz CT molecular complexity index is 178. The molecule has 0 fully saturated rings. The predicted octanol–water partition coefficient (Wildman–Crippen LogP) is -0.988. The van der Waals surface area contributed by atoms with E-state index in [-0.39, 0.29) is 13.2 Å². The van der Waals surface area contributed by atoms with Gasteiger partial charge in [0.15, 0.2) is 6.10 Å². The SMILES string of the molecule is COCCOC(=O)C(O)CC(=O)O. The Morgan fingerprint density at radius 3 is 2.46 bits per heavy atom. The van der Waals surface area contributed by atoms with E-state index < -0.39 is 24.5 Å². The second-order valence-corrected chi connectivity index (χ2v) is 2.27. The van der Waals surface area contributed by atoms with Gasteiger partial charge in [-0.25, -0.2) is 4.79 Å². The highest BCUT2D eigenvalue weighted by Gasteiger charge is 2.19. The number of ether oxygens (including phenoxy) is 2. The van der Waals surface area contributed by atoms with Crippen molar-refractivity contribution in [1.29, 1.82) is 0 Å². The zero-order valence-electron chi connectivity index (χ0n) is 7.23. The minimum atomic E-state index is -1.60. The van der Waals surface area contributed by atoms with E-state index in [1.807, 2.05) is 0 Å². The molecule has 0 saturated carbocycles. The lowest BCUT2D eigenvalue weighted by atomic mass is 10.2. The molecule has 0 aromatic heterocycles. The molecule has 0 aromatic rings. The summed E-state index contributed by atoms with van der Waals surface area (Å²) >= 11 is 0. The Morgan fingerprint density at radius 1 is 1.38 bits per heavy atom. The van der Waals surface area contributed by atoms with Gasteiger partial charge in [-0.1, -0.05) is 0 Å². The Balaban J connectivity index is 3.63. The third-order valence-corrected chi connectivity index (χ3v) is 1.17. The maximum Gasteiger partial charge on any atom is 0.335 e. The molecule has 0 spiro atoms. The average molecular weight is 192 g/mol. The molecule has 0 radical (unpaired) electrons. The zero-order chi connectivity index (χ0) is 10.3. The smallest absolute Gasteiger partial charge is 0.335 e. The molecule has 0 aromatic carbocycles. The van der Waals surface area contributed by atoms with Crippen LogP contribution in [0.4, 0.5) is 0 Å². The van der Waals surface area contributed by atoms with Crippen molar-refractivity contribution in [2.45, 2.75) is 12.5 Å². The highest BCUT2D eigenvalue weighted by molar-refractivity contribution is 5.80. The van der Waals surface area contributed by atoms with Gasteiger partial charge in [0.2, 0.25) is 0 Å². The Kier molecular flexibility index (Phi) is 5.82. The van der Waals surface area contributed by atoms with Crippen LogP contribution < -0.4 is 0 Å². The second-order valence-electron chi connectivity index (χ2n) is 2.27. The molecule has 6 heteroatoms. The van der Waals surface area contributed by atoms with E-state index in [1.165, 1.54) is 7.11 Å². The Hall–Kier alpha value is -1.14. The van der Waals surface area contributed by atoms with Gasteiger partial charge in [-0.3, -0.25) is 4.79 Å². The van der Waals surface area contributed by atoms with Gasteiger partial charge in [0.1, 0.15) is 6.61 Å². The number of carbonyl (C=O) groups excluding carboxylic acids is 1. The van der Waals surface area contributed by atoms with E-state index in [2.05, 4.69) is 9.47 Å². The van der Waals surface area contributed by atoms with Crippen LogP contribution in [0.5, 0.6) is 0 Å². The van der Waals surface area contributed by atoms with Crippen LogP contribution in [0.3, 0.4) is 0 Å². The van der Waals surface area contributed by atoms with E-state index in [0.29, 0.717) is 0 Å². The van der Waals surface area contributed by atoms with Crippen LogP contribution in [-0.2, 0) is 19.1 Å². The highest BCUT2D eigenvalue weighted by atomic mass is 16.6. The van der Waals surface area contributed by atoms with Crippen LogP contribution in [0, 0.1) is 0 Å². The van der Waals surface area contributed by atoms with Crippen molar-refractivity contribution in [3.05, 3.63) is 0 Å². The van der Waals surface area contributed by atoms with Gasteiger partial charge in [0, 0.05) is 7.11 Å². The Labute approximate surface area is 75.1 Å². The number of hydrogen-bond acceptors (Lipinski definition) is 5. The number of carboxylic acids is 1. The summed E-state index contributed by atoms with van der Waals surface area (Å²) in [6.45, 7) is 0.220. The maximum atomic E-state index is 10.8. The fraction of sp³-hybridized carbons (Fsp3) is 0.714. The van der Waals surface area contributed by atoms with Crippen molar-refractivity contribution in [2.24, 2.45) is 0 Å². The lowest BCUT2D eigenvalue weighted by Crippen LogP contribution is -2.26. The summed E-state index contributed by atoms with van der Waals surface area (Å²) in [6.07, 6.45) is -2.25. The van der Waals surface area contributed by atoms with Crippen molar-refractivity contribution in [3.63, 3.8) is 0 Å². The maximum absolute atomic E-state index is 10.8. The molecule has 0 aliphatic heterocycles. The normalized spacial score (nSPS) is 12.2. The summed E-state index contributed by atoms with van der Waals surface area (Å²) in [5.74, 6) is -2.20. The molecule has 1 atom stereocenters. The first-order chi connectivity index (χ1) is 6.07. The van der Waals surface area contributed by atoms with E-state index >= 15 is 0 Å². The first kappa shape index (κ1) is 11.9. The van der Waals surface area contributed by atoms with Gasteiger partial charge in [0.05, 0.1) is 13.0 Å². The summed E-state index contributed by atoms with van der Waals surface area (Å²) in [6, 6.07) is 0. The molecular weight excluding hydrogens is 180 g/mol. The standard InChI is InChI=1S/C7H12O6/c1-12-2-3-13-7(11)5(8)4-6(9)10/h5,8H,2-4H2,1H3,(H,9,10). The van der Waals surface area contributed by atoms with Gasteiger partial charge < -0.3 is 19.7 Å². The van der Waals surface area contributed by atoms with Gasteiger partial charge in [-0.15, -0.1) is 0 Å². The molecule has 0 rings (SSSR count). The first-order valence-corrected chi connectivity index (χ1v) is 3.63. The second kappa shape index (κ2) is 6.38. The first-order valence-electron chi connectivity index (χ1n) is 3.63. The van der Waals surface area contributed by atoms with Crippen LogP contribution >= 0.6 is 0 Å². The molecule has 0 aliphatic carbocycles. The summed E-state index contributed by atoms with van der Waals surface area (Å²) in [4.78, 5) is 20.8. The molecule has 13 heavy (non-hydrogen) atoms. The molecule has 76 valence electrons. The number of carboxylic acid groups (broad SMARTS) is 1. The average Bonchev–Trinajstić information content (AvgIpc) is 2.03. The molecule has 1 unspecified atom stereocenters. The lowest BCUT2D eigenvalue weighted by molar-refractivity contribution is -0.159. The predicted molar refractivity (Wildman–Crippen MR) is 41.1 cm³/mol. The van der Waals surface area contributed by atoms with Gasteiger partial charge in [0.25, 0.3) is 0 Å². The van der Waals surface area contributed by atoms with Gasteiger partial charge in [-0.05, 0) is 0 Å². The summed E-state index contributed by atoms with van der Waals surface area (Å²) in [5, 5.41) is 17.1. The van der Waals surface area contributed by atoms with Crippen molar-refractivity contribution >= 4 is 11.9 Å². The van der Waals surface area contributed by atoms with E-state index in [0.717, 1.165) is 0 Å². The van der Waals surface area contributed by atoms with Crippen molar-refractivity contribution < 1.29 is 29.3 Å². The van der Waals surface area contributed by atoms with Crippen molar-refractivity contribution in [3.8, 4) is 0 Å². The quantitative estimate of drug-likeness (QED) is 0.414. The molecule has 0 aliphatic rings. The number of esters is 1. The van der Waals surface area contributed by atoms with Crippen molar-refractivity contribution in [2.75, 3.05) is 20.3 Å². The summed E-state index contributed by atoms with van der Waals surface area (Å²) in [7, 11) is 1.43. The number of carbonyl (C=O) groups is 2. The number of hydrogen-bond donors (Lipinski definition) is 2. The molecular formula is C7H12O6. The number of aliphatic carboxylic acids is 1. The van der Waals surface area contributed by atoms with Crippen LogP contribution in [0.25, 0.3) is 0 Å². The van der Waals surface area contributed by atoms with Crippen LogP contribution in [-0.4, -0.2) is 48.6 Å². The molecule has 0 amide bonds. The third-order valence-electron chi connectivity index (χ3n) is 1.17. The molecule has 0 heterocycles. The van der Waals surface area contributed by atoms with Crippen LogP contribution in [0.15, 0.2) is 0 Å². The minimum absolute atomic E-state index is 0.00596. The van der Waals surface area contributed by atoms with Crippen LogP contribution in [0.1, 0.15) is 6.42 Å². The molecule has 2 N–H and O–H groups in total. The fourth-order valence-corrected chi connectivity index (χ4v) is 0.571. The van der Waals surface area contributed by atoms with E-state index in [9.17, 15) is 9.59 Å². The largest absolute Gasteiger partial charge is 0.481 e. The number of rotatable bonds is 6. The van der Waals surface area contributed by atoms with Crippen LogP contribution in [0.2, 0.25) is 0 Å². The summed E-state index contributed by atoms with van der Waals surface area (Å²) < 4.78 is 9.05. The molecule has 0 bridgehead atoms. The molecule has 6 nitrogen and oxygen atoms in total. The zero-order valence-corrected chi connectivity index (χ0v) is 7.23. The third kappa shape index (κ3) is 6.06. The molecule has 0 saturated heterocycles. The summed E-state index contributed by atoms with van der Waals surface area (Å²) in [5.41, 5.74) is 0.